The second kappa shape index (κ2) is 8.94. The molecule has 5 nitrogen and oxygen atoms in total. The number of nitrogens with zero attached hydrogens (tertiary/aromatic N) is 1. The highest BCUT2D eigenvalue weighted by molar-refractivity contribution is 5.86. The first-order valence-corrected chi connectivity index (χ1v) is 10.6. The van der Waals surface area contributed by atoms with Gasteiger partial charge in [-0.3, -0.25) is 4.79 Å². The third-order valence-electron chi connectivity index (χ3n) is 6.47. The number of anilines is 3. The van der Waals surface area contributed by atoms with Gasteiger partial charge in [-0.1, -0.05) is 0 Å². The first kappa shape index (κ1) is 21.9. The number of hydrogen-bond donors (Lipinski definition) is 3. The van der Waals surface area contributed by atoms with Gasteiger partial charge in [0.2, 0.25) is 5.91 Å². The third-order valence-corrected chi connectivity index (χ3v) is 6.47. The van der Waals surface area contributed by atoms with Gasteiger partial charge in [-0.15, -0.1) is 0 Å². The molecule has 0 saturated carbocycles. The summed E-state index contributed by atoms with van der Waals surface area (Å²) in [5, 5.41) is 6.59. The zero-order valence-corrected chi connectivity index (χ0v) is 18.6. The summed E-state index contributed by atoms with van der Waals surface area (Å²) in [6.45, 7) is 11.7. The number of carbonyl (C=O) groups is 1. The van der Waals surface area contributed by atoms with Crippen molar-refractivity contribution in [3.05, 3.63) is 52.3 Å². The van der Waals surface area contributed by atoms with Gasteiger partial charge in [0, 0.05) is 36.2 Å². The van der Waals surface area contributed by atoms with Crippen molar-refractivity contribution in [1.29, 1.82) is 0 Å². The fourth-order valence-electron chi connectivity index (χ4n) is 4.10. The van der Waals surface area contributed by atoms with Crippen LogP contribution in [0.25, 0.3) is 0 Å². The summed E-state index contributed by atoms with van der Waals surface area (Å²) in [4.78, 5) is 15.0. The average molecular weight is 413 g/mol. The Hall–Kier alpha value is -2.76. The van der Waals surface area contributed by atoms with Crippen molar-refractivity contribution < 1.29 is 9.18 Å². The molecule has 4 N–H and O–H groups in total. The van der Waals surface area contributed by atoms with Gasteiger partial charge in [0.25, 0.3) is 0 Å². The zero-order valence-electron chi connectivity index (χ0n) is 18.6. The fraction of sp³-hybridized carbons (Fsp3) is 0.458. The second-order valence-corrected chi connectivity index (χ2v) is 8.40. The molecule has 1 aliphatic rings. The number of hydrogen-bond acceptors (Lipinski definition) is 4. The van der Waals surface area contributed by atoms with E-state index in [1.54, 1.807) is 0 Å². The Bertz CT molecular complexity index is 889. The van der Waals surface area contributed by atoms with Gasteiger partial charge in [-0.05, 0) is 94.0 Å². The van der Waals surface area contributed by atoms with Crippen LogP contribution in [0.15, 0.2) is 24.3 Å². The van der Waals surface area contributed by atoms with E-state index in [1.165, 1.54) is 12.1 Å². The Morgan fingerprint density at radius 3 is 2.10 bits per heavy atom. The van der Waals surface area contributed by atoms with Crippen molar-refractivity contribution in [2.24, 2.45) is 0 Å². The minimum atomic E-state index is -0.347. The lowest BCUT2D eigenvalue weighted by atomic mass is 9.95. The number of benzene rings is 2. The number of nitrogen functional groups attached to an aromatic ring is 1. The summed E-state index contributed by atoms with van der Waals surface area (Å²) in [7, 11) is 0. The van der Waals surface area contributed by atoms with Gasteiger partial charge in [0.05, 0.1) is 0 Å². The molecule has 0 aliphatic carbocycles. The van der Waals surface area contributed by atoms with Gasteiger partial charge in [0.15, 0.2) is 0 Å². The van der Waals surface area contributed by atoms with E-state index >= 15 is 0 Å². The van der Waals surface area contributed by atoms with Crippen molar-refractivity contribution >= 4 is 23.0 Å². The number of carbonyl (C=O) groups excluding carboxylic acids is 1. The van der Waals surface area contributed by atoms with Crippen molar-refractivity contribution in [3.8, 4) is 0 Å². The monoisotopic (exact) mass is 412 g/mol. The van der Waals surface area contributed by atoms with E-state index in [0.717, 1.165) is 65.2 Å². The Balaban J connectivity index is 1.58. The van der Waals surface area contributed by atoms with Crippen LogP contribution < -0.4 is 21.3 Å². The van der Waals surface area contributed by atoms with Crippen molar-refractivity contribution in [3.63, 3.8) is 0 Å². The van der Waals surface area contributed by atoms with E-state index in [9.17, 15) is 9.18 Å². The van der Waals surface area contributed by atoms with E-state index in [1.807, 2.05) is 46.8 Å². The van der Waals surface area contributed by atoms with Crippen LogP contribution in [0.2, 0.25) is 0 Å². The Labute approximate surface area is 178 Å². The van der Waals surface area contributed by atoms with Crippen molar-refractivity contribution in [1.82, 2.24) is 5.32 Å². The topological polar surface area (TPSA) is 70.4 Å². The van der Waals surface area contributed by atoms with E-state index in [2.05, 4.69) is 15.5 Å². The number of rotatable bonds is 5. The maximum Gasteiger partial charge on any atom is 0.242 e. The van der Waals surface area contributed by atoms with Crippen LogP contribution in [0.5, 0.6) is 0 Å². The summed E-state index contributed by atoms with van der Waals surface area (Å²) in [6.07, 6.45) is 1.74. The molecule has 0 bridgehead atoms. The molecule has 1 aliphatic heterocycles. The molecule has 2 aromatic rings. The van der Waals surface area contributed by atoms with E-state index in [-0.39, 0.29) is 23.8 Å². The molecular weight excluding hydrogens is 379 g/mol. The van der Waals surface area contributed by atoms with Gasteiger partial charge in [-0.2, -0.15) is 0 Å². The molecule has 1 fully saturated rings. The smallest absolute Gasteiger partial charge is 0.242 e. The lowest BCUT2D eigenvalue weighted by Crippen LogP contribution is -2.48. The Morgan fingerprint density at radius 2 is 1.57 bits per heavy atom. The highest BCUT2D eigenvalue weighted by atomic mass is 19.1. The molecule has 1 saturated heterocycles. The Kier molecular flexibility index (Phi) is 6.54. The van der Waals surface area contributed by atoms with Gasteiger partial charge in [0.1, 0.15) is 11.9 Å². The predicted molar refractivity (Wildman–Crippen MR) is 123 cm³/mol. The zero-order chi connectivity index (χ0) is 22.0. The van der Waals surface area contributed by atoms with Crippen LogP contribution in [-0.2, 0) is 4.79 Å². The predicted octanol–water partition coefficient (Wildman–Crippen LogP) is 4.23. The van der Waals surface area contributed by atoms with Crippen LogP contribution in [0.3, 0.4) is 0 Å². The number of halogens is 1. The first-order valence-electron chi connectivity index (χ1n) is 10.6. The van der Waals surface area contributed by atoms with Crippen molar-refractivity contribution in [2.75, 3.05) is 29.0 Å². The van der Waals surface area contributed by atoms with E-state index < -0.39 is 0 Å². The highest BCUT2D eigenvalue weighted by Crippen LogP contribution is 2.32. The first-order chi connectivity index (χ1) is 14.2. The quantitative estimate of drug-likeness (QED) is 0.643. The molecule has 30 heavy (non-hydrogen) atoms. The molecule has 2 aromatic carbocycles. The van der Waals surface area contributed by atoms with Gasteiger partial charge < -0.3 is 21.3 Å². The number of nitrogens with one attached hydrogen (secondary N) is 2. The average Bonchev–Trinajstić information content (AvgIpc) is 2.75. The molecule has 1 atom stereocenters. The van der Waals surface area contributed by atoms with Crippen LogP contribution in [0, 0.1) is 33.5 Å². The Morgan fingerprint density at radius 1 is 1.03 bits per heavy atom. The highest BCUT2D eigenvalue weighted by Gasteiger charge is 2.24. The fourth-order valence-corrected chi connectivity index (χ4v) is 4.10. The normalized spacial score (nSPS) is 15.7. The number of nitrogens with two attached hydrogens (primary N) is 1. The summed E-state index contributed by atoms with van der Waals surface area (Å²) < 4.78 is 13.1. The lowest BCUT2D eigenvalue weighted by molar-refractivity contribution is -0.122. The summed E-state index contributed by atoms with van der Waals surface area (Å²) in [6, 6.07) is 6.39. The molecule has 3 rings (SSSR count). The maximum absolute atomic E-state index is 13.1. The minimum absolute atomic E-state index is 0.00108. The van der Waals surface area contributed by atoms with Crippen LogP contribution in [0.1, 0.15) is 42.0 Å². The minimum Gasteiger partial charge on any atom is -0.398 e. The molecule has 1 amide bonds. The molecule has 1 heterocycles. The lowest BCUT2D eigenvalue weighted by Gasteiger charge is -2.34. The maximum atomic E-state index is 13.1. The molecule has 0 aromatic heterocycles. The van der Waals surface area contributed by atoms with Crippen molar-refractivity contribution in [2.45, 2.75) is 59.5 Å². The summed E-state index contributed by atoms with van der Waals surface area (Å²) >= 11 is 0. The molecule has 0 radical (unpaired) electrons. The molecular formula is C24H33FN4O. The van der Waals surface area contributed by atoms with E-state index in [0.29, 0.717) is 0 Å². The molecule has 1 unspecified atom stereocenters. The molecule has 0 spiro atoms. The number of piperidine rings is 1. The van der Waals surface area contributed by atoms with E-state index in [4.69, 9.17) is 5.73 Å². The van der Waals surface area contributed by atoms with Gasteiger partial charge in [-0.25, -0.2) is 4.39 Å². The third kappa shape index (κ3) is 4.53. The van der Waals surface area contributed by atoms with Gasteiger partial charge >= 0.3 is 0 Å². The van der Waals surface area contributed by atoms with Crippen LogP contribution in [0.4, 0.5) is 21.5 Å². The summed E-state index contributed by atoms with van der Waals surface area (Å²) in [5.74, 6) is -0.222. The molecule has 162 valence electrons. The summed E-state index contributed by atoms with van der Waals surface area (Å²) in [5.41, 5.74) is 13.3. The largest absolute Gasteiger partial charge is 0.398 e. The van der Waals surface area contributed by atoms with Crippen LogP contribution >= 0.6 is 0 Å². The second-order valence-electron chi connectivity index (χ2n) is 8.40. The SMILES string of the molecule is Cc1c(C)c(NC(C)C(=O)NC2CCN(c3ccc(F)cc3)CC2)c(C)c(C)c1N. The standard InChI is InChI=1S/C24H33FN4O/c1-14-16(3)23(17(4)15(2)22(14)26)27-18(5)24(30)28-20-10-12-29(13-11-20)21-8-6-19(25)7-9-21/h6-9,18,20,27H,10-13,26H2,1-5H3,(H,28,30). The van der Waals surface area contributed by atoms with Crippen LogP contribution in [-0.4, -0.2) is 31.1 Å². The number of amides is 1. The molecule has 6 heteroatoms.